The van der Waals surface area contributed by atoms with Crippen molar-refractivity contribution in [1.29, 1.82) is 0 Å². The van der Waals surface area contributed by atoms with Crippen LogP contribution in [-0.2, 0) is 11.2 Å². The van der Waals surface area contributed by atoms with Crippen molar-refractivity contribution in [3.63, 3.8) is 0 Å². The fourth-order valence-electron chi connectivity index (χ4n) is 3.71. The van der Waals surface area contributed by atoms with Crippen LogP contribution in [0.2, 0.25) is 0 Å². The zero-order chi connectivity index (χ0) is 17.8. The first-order valence-corrected chi connectivity index (χ1v) is 9.20. The van der Waals surface area contributed by atoms with Crippen molar-refractivity contribution >= 4 is 11.6 Å². The summed E-state index contributed by atoms with van der Waals surface area (Å²) in [7, 11) is 0. The molecule has 1 N–H and O–H groups in total. The highest BCUT2D eigenvalue weighted by atomic mass is 16.1. The van der Waals surface area contributed by atoms with E-state index in [0.29, 0.717) is 6.04 Å². The third-order valence-electron chi connectivity index (χ3n) is 5.07. The SMILES string of the molecule is CC(=O)Nc1ccc(CC(c2ccc(C)cc2)N2CCCC2)cc1C. The average molecular weight is 336 g/mol. The predicted molar refractivity (Wildman–Crippen MR) is 104 cm³/mol. The van der Waals surface area contributed by atoms with E-state index >= 15 is 0 Å². The smallest absolute Gasteiger partial charge is 0.221 e. The highest BCUT2D eigenvalue weighted by molar-refractivity contribution is 5.89. The van der Waals surface area contributed by atoms with Gasteiger partial charge in [0, 0.05) is 18.7 Å². The number of nitrogens with zero attached hydrogens (tertiary/aromatic N) is 1. The van der Waals surface area contributed by atoms with E-state index in [9.17, 15) is 4.79 Å². The van der Waals surface area contributed by atoms with E-state index < -0.39 is 0 Å². The molecule has 3 rings (SSSR count). The second-order valence-corrected chi connectivity index (χ2v) is 7.20. The Morgan fingerprint density at radius 2 is 1.76 bits per heavy atom. The Kier molecular flexibility index (Phi) is 5.54. The number of hydrogen-bond donors (Lipinski definition) is 1. The van der Waals surface area contributed by atoms with E-state index in [2.05, 4.69) is 60.5 Å². The molecule has 1 aliphatic heterocycles. The molecular formula is C22H28N2O. The number of carbonyl (C=O) groups is 1. The van der Waals surface area contributed by atoms with Gasteiger partial charge in [0.25, 0.3) is 0 Å². The van der Waals surface area contributed by atoms with Crippen LogP contribution in [0, 0.1) is 13.8 Å². The summed E-state index contributed by atoms with van der Waals surface area (Å²) in [5.41, 5.74) is 6.06. The maximum atomic E-state index is 11.3. The van der Waals surface area contributed by atoms with E-state index in [1.165, 1.54) is 42.6 Å². The summed E-state index contributed by atoms with van der Waals surface area (Å²) >= 11 is 0. The molecule has 1 amide bonds. The lowest BCUT2D eigenvalue weighted by atomic mass is 9.95. The van der Waals surface area contributed by atoms with Gasteiger partial charge < -0.3 is 5.32 Å². The van der Waals surface area contributed by atoms with Gasteiger partial charge in [0.15, 0.2) is 0 Å². The van der Waals surface area contributed by atoms with Crippen molar-refractivity contribution in [3.05, 3.63) is 64.7 Å². The minimum Gasteiger partial charge on any atom is -0.326 e. The number of benzene rings is 2. The number of carbonyl (C=O) groups excluding carboxylic acids is 1. The molecule has 0 radical (unpaired) electrons. The summed E-state index contributed by atoms with van der Waals surface area (Å²) in [6.45, 7) is 8.11. The quantitative estimate of drug-likeness (QED) is 0.862. The Morgan fingerprint density at radius 3 is 2.36 bits per heavy atom. The van der Waals surface area contributed by atoms with Crippen LogP contribution >= 0.6 is 0 Å². The maximum Gasteiger partial charge on any atom is 0.221 e. The molecule has 1 fully saturated rings. The number of rotatable bonds is 5. The minimum absolute atomic E-state index is 0.0227. The van der Waals surface area contributed by atoms with Gasteiger partial charge in [0.1, 0.15) is 0 Å². The standard InChI is InChI=1S/C22H28N2O/c1-16-6-9-20(10-7-16)22(24-12-4-5-13-24)15-19-8-11-21(17(2)14-19)23-18(3)25/h6-11,14,22H,4-5,12-13,15H2,1-3H3,(H,23,25). The molecular weight excluding hydrogens is 308 g/mol. The Bertz CT molecular complexity index is 730. The summed E-state index contributed by atoms with van der Waals surface area (Å²) < 4.78 is 0. The van der Waals surface area contributed by atoms with Crippen molar-refractivity contribution in [2.24, 2.45) is 0 Å². The molecule has 0 aliphatic carbocycles. The van der Waals surface area contributed by atoms with Crippen LogP contribution in [0.25, 0.3) is 0 Å². The van der Waals surface area contributed by atoms with Crippen LogP contribution in [0.15, 0.2) is 42.5 Å². The lowest BCUT2D eigenvalue weighted by molar-refractivity contribution is -0.114. The van der Waals surface area contributed by atoms with E-state index in [0.717, 1.165) is 17.7 Å². The van der Waals surface area contributed by atoms with E-state index in [1.807, 2.05) is 6.07 Å². The number of likely N-dealkylation sites (tertiary alicyclic amines) is 1. The lowest BCUT2D eigenvalue weighted by Gasteiger charge is -2.28. The Morgan fingerprint density at radius 1 is 1.08 bits per heavy atom. The molecule has 25 heavy (non-hydrogen) atoms. The van der Waals surface area contributed by atoms with E-state index in [-0.39, 0.29) is 5.91 Å². The van der Waals surface area contributed by atoms with Gasteiger partial charge in [-0.3, -0.25) is 9.69 Å². The van der Waals surface area contributed by atoms with Crippen molar-refractivity contribution in [3.8, 4) is 0 Å². The zero-order valence-electron chi connectivity index (χ0n) is 15.5. The van der Waals surface area contributed by atoms with E-state index in [1.54, 1.807) is 6.92 Å². The van der Waals surface area contributed by atoms with E-state index in [4.69, 9.17) is 0 Å². The van der Waals surface area contributed by atoms with Gasteiger partial charge in [-0.15, -0.1) is 0 Å². The van der Waals surface area contributed by atoms with Gasteiger partial charge in [-0.25, -0.2) is 0 Å². The molecule has 1 unspecified atom stereocenters. The zero-order valence-corrected chi connectivity index (χ0v) is 15.5. The monoisotopic (exact) mass is 336 g/mol. The Hall–Kier alpha value is -2.13. The number of anilines is 1. The van der Waals surface area contributed by atoms with Crippen LogP contribution in [-0.4, -0.2) is 23.9 Å². The summed E-state index contributed by atoms with van der Waals surface area (Å²) in [4.78, 5) is 13.9. The molecule has 1 atom stereocenters. The van der Waals surface area contributed by atoms with Crippen LogP contribution in [0.5, 0.6) is 0 Å². The number of nitrogens with one attached hydrogen (secondary N) is 1. The molecule has 1 saturated heterocycles. The summed E-state index contributed by atoms with van der Waals surface area (Å²) in [6.07, 6.45) is 3.59. The van der Waals surface area contributed by atoms with Crippen LogP contribution in [0.3, 0.4) is 0 Å². The Balaban J connectivity index is 1.83. The van der Waals surface area contributed by atoms with Gasteiger partial charge in [-0.05, 0) is 69.0 Å². The van der Waals surface area contributed by atoms with Crippen LogP contribution in [0.1, 0.15) is 48.1 Å². The lowest BCUT2D eigenvalue weighted by Crippen LogP contribution is -2.27. The predicted octanol–water partition coefficient (Wildman–Crippen LogP) is 4.64. The van der Waals surface area contributed by atoms with Gasteiger partial charge in [-0.2, -0.15) is 0 Å². The van der Waals surface area contributed by atoms with Gasteiger partial charge in [0.05, 0.1) is 0 Å². The second-order valence-electron chi connectivity index (χ2n) is 7.20. The molecule has 3 heteroatoms. The number of hydrogen-bond acceptors (Lipinski definition) is 2. The van der Waals surface area contributed by atoms with Crippen molar-refractivity contribution < 1.29 is 4.79 Å². The number of amides is 1. The van der Waals surface area contributed by atoms with Crippen molar-refractivity contribution in [2.75, 3.05) is 18.4 Å². The molecule has 132 valence electrons. The molecule has 1 heterocycles. The molecule has 1 aliphatic rings. The van der Waals surface area contributed by atoms with Crippen LogP contribution < -0.4 is 5.32 Å². The topological polar surface area (TPSA) is 32.3 Å². The molecule has 2 aromatic rings. The molecule has 0 spiro atoms. The van der Waals surface area contributed by atoms with Gasteiger partial charge >= 0.3 is 0 Å². The molecule has 0 aromatic heterocycles. The third kappa shape index (κ3) is 4.49. The largest absolute Gasteiger partial charge is 0.326 e. The summed E-state index contributed by atoms with van der Waals surface area (Å²) in [5, 5.41) is 2.90. The van der Waals surface area contributed by atoms with Gasteiger partial charge in [0.2, 0.25) is 5.91 Å². The normalized spacial score (nSPS) is 16.0. The molecule has 0 bridgehead atoms. The van der Waals surface area contributed by atoms with Gasteiger partial charge in [-0.1, -0.05) is 42.0 Å². The first-order valence-electron chi connectivity index (χ1n) is 9.20. The summed E-state index contributed by atoms with van der Waals surface area (Å²) in [5.74, 6) is -0.0227. The third-order valence-corrected chi connectivity index (χ3v) is 5.07. The highest BCUT2D eigenvalue weighted by Crippen LogP contribution is 2.30. The first-order chi connectivity index (χ1) is 12.0. The first kappa shape index (κ1) is 17.7. The highest BCUT2D eigenvalue weighted by Gasteiger charge is 2.23. The molecule has 0 saturated carbocycles. The van der Waals surface area contributed by atoms with Crippen LogP contribution in [0.4, 0.5) is 5.69 Å². The molecule has 2 aromatic carbocycles. The average Bonchev–Trinajstić information content (AvgIpc) is 3.10. The fourth-order valence-corrected chi connectivity index (χ4v) is 3.71. The van der Waals surface area contributed by atoms with Crippen molar-refractivity contribution in [2.45, 2.75) is 46.1 Å². The Labute approximate surface area is 151 Å². The second kappa shape index (κ2) is 7.83. The minimum atomic E-state index is -0.0227. The maximum absolute atomic E-state index is 11.3. The fraction of sp³-hybridized carbons (Fsp3) is 0.409. The summed E-state index contributed by atoms with van der Waals surface area (Å²) in [6, 6.07) is 15.8. The molecule has 3 nitrogen and oxygen atoms in total. The van der Waals surface area contributed by atoms with Crippen molar-refractivity contribution in [1.82, 2.24) is 4.90 Å². The number of aryl methyl sites for hydroxylation is 2.